The van der Waals surface area contributed by atoms with Crippen molar-refractivity contribution in [1.82, 2.24) is 15.5 Å². The van der Waals surface area contributed by atoms with Crippen LogP contribution in [0.2, 0.25) is 0 Å². The van der Waals surface area contributed by atoms with Crippen LogP contribution in [0.1, 0.15) is 6.42 Å². The average molecular weight is 259 g/mol. The van der Waals surface area contributed by atoms with Crippen molar-refractivity contribution >= 4 is 17.5 Å². The van der Waals surface area contributed by atoms with Gasteiger partial charge in [0.1, 0.15) is 11.6 Å². The first-order chi connectivity index (χ1) is 8.11. The summed E-state index contributed by atoms with van der Waals surface area (Å²) in [4.78, 5) is 13.5. The van der Waals surface area contributed by atoms with Crippen LogP contribution >= 0.6 is 11.6 Å². The Labute approximate surface area is 107 Å². The van der Waals surface area contributed by atoms with Crippen LogP contribution in [0, 0.1) is 11.3 Å². The van der Waals surface area contributed by atoms with E-state index in [1.165, 1.54) is 6.20 Å². The Morgan fingerprint density at radius 3 is 2.71 bits per heavy atom. The first-order valence-corrected chi connectivity index (χ1v) is 5.97. The highest BCUT2D eigenvalue weighted by Crippen LogP contribution is 1.91. The number of alkyl halides is 1. The zero-order chi connectivity index (χ0) is 13.1. The first-order valence-electron chi connectivity index (χ1n) is 5.44. The summed E-state index contributed by atoms with van der Waals surface area (Å²) in [5, 5.41) is 14.4. The Morgan fingerprint density at radius 1 is 1.47 bits per heavy atom. The number of carbonyl (C=O) groups excluding carboxylic acids is 1. The summed E-state index contributed by atoms with van der Waals surface area (Å²) in [6.07, 6.45) is 2.14. The molecule has 0 saturated heterocycles. The Kier molecular flexibility index (Phi) is 9.21. The molecule has 2 N–H and O–H groups in total. The van der Waals surface area contributed by atoms with Gasteiger partial charge in [-0.15, -0.1) is 11.6 Å². The summed E-state index contributed by atoms with van der Waals surface area (Å²) in [5.41, 5.74) is 0.0818. The van der Waals surface area contributed by atoms with E-state index in [1.807, 2.05) is 25.1 Å². The minimum Gasteiger partial charge on any atom is -0.388 e. The summed E-state index contributed by atoms with van der Waals surface area (Å²) in [6.45, 7) is 2.01. The third kappa shape index (κ3) is 8.55. The third-order valence-corrected chi connectivity index (χ3v) is 2.18. The molecule has 0 unspecified atom stereocenters. The second-order valence-corrected chi connectivity index (χ2v) is 4.10. The van der Waals surface area contributed by atoms with E-state index in [0.717, 1.165) is 6.54 Å². The summed E-state index contributed by atoms with van der Waals surface area (Å²) in [5.74, 6) is 0.127. The maximum absolute atomic E-state index is 11.5. The molecule has 0 fully saturated rings. The monoisotopic (exact) mass is 258 g/mol. The lowest BCUT2D eigenvalue weighted by atomic mass is 10.3. The van der Waals surface area contributed by atoms with Crippen molar-refractivity contribution in [3.8, 4) is 6.07 Å². The van der Waals surface area contributed by atoms with Crippen LogP contribution < -0.4 is 10.6 Å². The minimum atomic E-state index is -0.366. The van der Waals surface area contributed by atoms with Crippen LogP contribution in [-0.4, -0.2) is 50.4 Å². The summed E-state index contributed by atoms with van der Waals surface area (Å²) >= 11 is 5.48. The molecule has 0 aromatic rings. The average Bonchev–Trinajstić information content (AvgIpc) is 2.29. The van der Waals surface area contributed by atoms with Crippen LogP contribution in [0.25, 0.3) is 0 Å². The molecule has 0 aliphatic heterocycles. The quantitative estimate of drug-likeness (QED) is 0.284. The number of rotatable bonds is 8. The van der Waals surface area contributed by atoms with Gasteiger partial charge >= 0.3 is 0 Å². The van der Waals surface area contributed by atoms with Crippen LogP contribution in [0.3, 0.4) is 0 Å². The molecule has 0 radical (unpaired) electrons. The largest absolute Gasteiger partial charge is 0.388 e. The molecule has 0 aliphatic rings. The van der Waals surface area contributed by atoms with Crippen LogP contribution in [0.4, 0.5) is 0 Å². The van der Waals surface area contributed by atoms with Gasteiger partial charge in [0.15, 0.2) is 0 Å². The van der Waals surface area contributed by atoms with E-state index in [0.29, 0.717) is 25.4 Å². The fraction of sp³-hybridized carbons (Fsp3) is 0.636. The van der Waals surface area contributed by atoms with E-state index >= 15 is 0 Å². The molecule has 0 spiro atoms. The fourth-order valence-electron chi connectivity index (χ4n) is 0.975. The number of nitriles is 1. The molecule has 0 bridgehead atoms. The summed E-state index contributed by atoms with van der Waals surface area (Å²) < 4.78 is 0. The second kappa shape index (κ2) is 9.94. The van der Waals surface area contributed by atoms with Crippen molar-refractivity contribution in [3.63, 3.8) is 0 Å². The van der Waals surface area contributed by atoms with Crippen molar-refractivity contribution in [2.24, 2.45) is 0 Å². The van der Waals surface area contributed by atoms with E-state index in [1.54, 1.807) is 0 Å². The van der Waals surface area contributed by atoms with Gasteiger partial charge in [0.2, 0.25) is 0 Å². The number of likely N-dealkylation sites (N-methyl/N-ethyl adjacent to an activating group) is 1. The van der Waals surface area contributed by atoms with Crippen molar-refractivity contribution in [2.45, 2.75) is 6.42 Å². The van der Waals surface area contributed by atoms with Gasteiger partial charge in [-0.1, -0.05) is 0 Å². The van der Waals surface area contributed by atoms with Crippen molar-refractivity contribution < 1.29 is 4.79 Å². The van der Waals surface area contributed by atoms with Gasteiger partial charge in [0, 0.05) is 31.7 Å². The van der Waals surface area contributed by atoms with E-state index in [2.05, 4.69) is 10.6 Å². The molecule has 0 atom stereocenters. The van der Waals surface area contributed by atoms with Crippen molar-refractivity contribution in [2.75, 3.05) is 39.6 Å². The Hall–Kier alpha value is -1.25. The fourth-order valence-corrected chi connectivity index (χ4v) is 1.11. The molecule has 0 aromatic heterocycles. The highest BCUT2D eigenvalue weighted by atomic mass is 35.5. The number of carbonyl (C=O) groups is 1. The smallest absolute Gasteiger partial charge is 0.263 e. The first kappa shape index (κ1) is 15.8. The molecule has 0 rings (SSSR count). The zero-order valence-electron chi connectivity index (χ0n) is 10.3. The highest BCUT2D eigenvalue weighted by Gasteiger charge is 2.06. The highest BCUT2D eigenvalue weighted by molar-refractivity contribution is 6.17. The maximum atomic E-state index is 11.5. The molecule has 0 aromatic carbocycles. The standard InChI is InChI=1S/C11H19ClN4O/c1-16(2)7-6-14-9-10(8-13)11(17)15-5-3-4-12/h9,14H,3-7H2,1-2H3,(H,15,17)/b10-9-. The molecule has 5 nitrogen and oxygen atoms in total. The minimum absolute atomic E-state index is 0.0818. The van der Waals surface area contributed by atoms with Gasteiger partial charge < -0.3 is 15.5 Å². The van der Waals surface area contributed by atoms with Crippen molar-refractivity contribution in [1.29, 1.82) is 5.26 Å². The predicted molar refractivity (Wildman–Crippen MR) is 68.6 cm³/mol. The summed E-state index contributed by atoms with van der Waals surface area (Å²) in [7, 11) is 3.91. The number of hydrogen-bond acceptors (Lipinski definition) is 4. The van der Waals surface area contributed by atoms with Crippen LogP contribution in [0.5, 0.6) is 0 Å². The van der Waals surface area contributed by atoms with E-state index < -0.39 is 0 Å². The Morgan fingerprint density at radius 2 is 2.18 bits per heavy atom. The molecule has 0 aliphatic carbocycles. The van der Waals surface area contributed by atoms with Gasteiger partial charge in [-0.25, -0.2) is 0 Å². The normalized spacial score (nSPS) is 11.1. The van der Waals surface area contributed by atoms with Crippen LogP contribution in [-0.2, 0) is 4.79 Å². The number of amides is 1. The SMILES string of the molecule is CN(C)CCN/C=C(/C#N)C(=O)NCCCCl. The van der Waals surface area contributed by atoms with Gasteiger partial charge in [-0.05, 0) is 20.5 Å². The lowest BCUT2D eigenvalue weighted by Gasteiger charge is -2.09. The lowest BCUT2D eigenvalue weighted by Crippen LogP contribution is -2.28. The van der Waals surface area contributed by atoms with E-state index in [-0.39, 0.29) is 11.5 Å². The summed E-state index contributed by atoms with van der Waals surface area (Å²) in [6, 6.07) is 1.86. The second-order valence-electron chi connectivity index (χ2n) is 3.73. The molecule has 0 heterocycles. The van der Waals surface area contributed by atoms with E-state index in [4.69, 9.17) is 16.9 Å². The van der Waals surface area contributed by atoms with Crippen molar-refractivity contribution in [3.05, 3.63) is 11.8 Å². The molecule has 96 valence electrons. The van der Waals surface area contributed by atoms with Gasteiger partial charge in [0.05, 0.1) is 0 Å². The van der Waals surface area contributed by atoms with E-state index in [9.17, 15) is 4.79 Å². The zero-order valence-corrected chi connectivity index (χ0v) is 11.0. The molecule has 1 amide bonds. The van der Waals surface area contributed by atoms with Gasteiger partial charge in [-0.3, -0.25) is 4.79 Å². The molecular formula is C11H19ClN4O. The van der Waals surface area contributed by atoms with Gasteiger partial charge in [0.25, 0.3) is 5.91 Å². The number of halogens is 1. The Bertz CT molecular complexity index is 296. The number of nitrogens with one attached hydrogen (secondary N) is 2. The predicted octanol–water partition coefficient (Wildman–Crippen LogP) is 0.290. The van der Waals surface area contributed by atoms with Gasteiger partial charge in [-0.2, -0.15) is 5.26 Å². The molecule has 6 heteroatoms. The maximum Gasteiger partial charge on any atom is 0.263 e. The molecule has 17 heavy (non-hydrogen) atoms. The molecule has 0 saturated carbocycles. The number of nitrogens with zero attached hydrogens (tertiary/aromatic N) is 2. The number of hydrogen-bond donors (Lipinski definition) is 2. The lowest BCUT2D eigenvalue weighted by molar-refractivity contribution is -0.117. The third-order valence-electron chi connectivity index (χ3n) is 1.91. The Balaban J connectivity index is 3.99. The van der Waals surface area contributed by atoms with Crippen LogP contribution in [0.15, 0.2) is 11.8 Å². The molecular weight excluding hydrogens is 240 g/mol. The topological polar surface area (TPSA) is 68.2 Å².